The first kappa shape index (κ1) is 19.6. The first-order chi connectivity index (χ1) is 11.8. The lowest BCUT2D eigenvalue weighted by atomic mass is 10.1. The fourth-order valence-corrected chi connectivity index (χ4v) is 4.51. The normalized spacial score (nSPS) is 17.9. The molecule has 0 spiro atoms. The van der Waals surface area contributed by atoms with Crippen LogP contribution in [-0.4, -0.2) is 57.4 Å². The third-order valence-corrected chi connectivity index (χ3v) is 6.80. The highest BCUT2D eigenvalue weighted by molar-refractivity contribution is 7.89. The van der Waals surface area contributed by atoms with Crippen LogP contribution in [0.25, 0.3) is 0 Å². The van der Waals surface area contributed by atoms with Crippen molar-refractivity contribution in [1.82, 2.24) is 9.62 Å². The van der Waals surface area contributed by atoms with E-state index in [2.05, 4.69) is 11.9 Å². The number of hydrogen-bond donors (Lipinski definition) is 2. The second-order valence-electron chi connectivity index (χ2n) is 6.56. The number of carbonyl (C=O) groups is 1. The van der Waals surface area contributed by atoms with Crippen LogP contribution in [0.3, 0.4) is 0 Å². The van der Waals surface area contributed by atoms with E-state index in [1.54, 1.807) is 18.2 Å². The monoisotopic (exact) mass is 366 g/mol. The molecule has 7 heteroatoms. The highest BCUT2D eigenvalue weighted by Crippen LogP contribution is 2.19. The second-order valence-corrected chi connectivity index (χ2v) is 8.50. The van der Waals surface area contributed by atoms with Gasteiger partial charge in [-0.2, -0.15) is 4.31 Å². The predicted molar refractivity (Wildman–Crippen MR) is 98.0 cm³/mol. The van der Waals surface area contributed by atoms with Crippen LogP contribution in [0.1, 0.15) is 18.1 Å². The quantitative estimate of drug-likeness (QED) is 0.690. The van der Waals surface area contributed by atoms with Crippen molar-refractivity contribution in [3.05, 3.63) is 42.0 Å². The minimum atomic E-state index is -3.48. The summed E-state index contributed by atoms with van der Waals surface area (Å²) in [5.41, 5.74) is 2.05. The molecule has 0 aromatic heterocycles. The predicted octanol–water partition coefficient (Wildman–Crippen LogP) is -0.117. The van der Waals surface area contributed by atoms with Crippen molar-refractivity contribution >= 4 is 15.9 Å². The van der Waals surface area contributed by atoms with E-state index in [1.807, 2.05) is 26.8 Å². The Morgan fingerprint density at radius 1 is 1.32 bits per heavy atom. The summed E-state index contributed by atoms with van der Waals surface area (Å²) in [6, 6.07) is 5.04. The molecule has 1 fully saturated rings. The number of carbonyl (C=O) groups excluding carboxylic acids is 1. The van der Waals surface area contributed by atoms with E-state index >= 15 is 0 Å². The van der Waals surface area contributed by atoms with Gasteiger partial charge in [0.05, 0.1) is 31.1 Å². The summed E-state index contributed by atoms with van der Waals surface area (Å²) < 4.78 is 27.2. The van der Waals surface area contributed by atoms with Crippen molar-refractivity contribution in [3.63, 3.8) is 0 Å². The average Bonchev–Trinajstić information content (AvgIpc) is 2.61. The Bertz CT molecular complexity index is 738. The molecule has 0 aliphatic carbocycles. The van der Waals surface area contributed by atoms with Gasteiger partial charge in [0.15, 0.2) is 6.04 Å². The second kappa shape index (κ2) is 8.12. The largest absolute Gasteiger partial charge is 0.347 e. The molecule has 1 heterocycles. The number of nitrogens with one attached hydrogen (secondary N) is 2. The van der Waals surface area contributed by atoms with E-state index in [9.17, 15) is 13.2 Å². The Morgan fingerprint density at radius 3 is 2.52 bits per heavy atom. The number of nitrogens with zero attached hydrogens (tertiary/aromatic N) is 1. The van der Waals surface area contributed by atoms with Crippen molar-refractivity contribution < 1.29 is 18.1 Å². The lowest BCUT2D eigenvalue weighted by Crippen LogP contribution is -3.19. The average molecular weight is 367 g/mol. The third-order valence-electron chi connectivity index (χ3n) is 4.91. The molecule has 2 N–H and O–H groups in total. The first-order valence-electron chi connectivity index (χ1n) is 8.58. The fourth-order valence-electron chi connectivity index (χ4n) is 2.98. The maximum absolute atomic E-state index is 12.8. The van der Waals surface area contributed by atoms with Crippen molar-refractivity contribution in [1.29, 1.82) is 0 Å². The molecule has 1 aliphatic rings. The highest BCUT2D eigenvalue weighted by Gasteiger charge is 2.34. The summed E-state index contributed by atoms with van der Waals surface area (Å²) in [4.78, 5) is 13.5. The molecule has 0 saturated carbocycles. The van der Waals surface area contributed by atoms with Crippen molar-refractivity contribution in [2.75, 3.05) is 32.7 Å². The van der Waals surface area contributed by atoms with Gasteiger partial charge in [-0.05, 0) is 44.0 Å². The molecule has 1 amide bonds. The van der Waals surface area contributed by atoms with Gasteiger partial charge in [-0.15, -0.1) is 6.58 Å². The molecule has 1 aromatic rings. The Morgan fingerprint density at radius 2 is 1.96 bits per heavy atom. The van der Waals surface area contributed by atoms with E-state index in [0.717, 1.165) is 16.0 Å². The molecule has 1 aromatic carbocycles. The summed E-state index contributed by atoms with van der Waals surface area (Å²) in [5, 5.41) is 2.80. The number of rotatable bonds is 6. The number of quaternary nitrogens is 1. The summed E-state index contributed by atoms with van der Waals surface area (Å²) in [7, 11) is -3.48. The molecular weight excluding hydrogens is 338 g/mol. The summed E-state index contributed by atoms with van der Waals surface area (Å²) in [5.74, 6) is -0.0274. The van der Waals surface area contributed by atoms with Gasteiger partial charge in [0, 0.05) is 6.54 Å². The molecule has 25 heavy (non-hydrogen) atoms. The van der Waals surface area contributed by atoms with Crippen LogP contribution >= 0.6 is 0 Å². The minimum Gasteiger partial charge on any atom is -0.347 e. The summed E-state index contributed by atoms with van der Waals surface area (Å²) in [6.45, 7) is 11.9. The Kier molecular flexibility index (Phi) is 6.37. The standard InChI is InChI=1S/C18H27N3O3S/c1-5-8-19-18(22)16(4)20-9-11-21(12-10-20)25(23,24)17-7-6-14(2)15(3)13-17/h5-7,13,16H,1,8-12H2,2-4H3,(H,19,22)/p+1/t16-/m0/s1. The van der Waals surface area contributed by atoms with Gasteiger partial charge < -0.3 is 10.2 Å². The van der Waals surface area contributed by atoms with E-state index in [4.69, 9.17) is 0 Å². The van der Waals surface area contributed by atoms with E-state index in [0.29, 0.717) is 37.6 Å². The summed E-state index contributed by atoms with van der Waals surface area (Å²) in [6.07, 6.45) is 1.65. The lowest BCUT2D eigenvalue weighted by molar-refractivity contribution is -0.917. The third kappa shape index (κ3) is 4.48. The van der Waals surface area contributed by atoms with Crippen LogP contribution < -0.4 is 10.2 Å². The van der Waals surface area contributed by atoms with Crippen LogP contribution in [0.2, 0.25) is 0 Å². The van der Waals surface area contributed by atoms with Gasteiger partial charge in [0.2, 0.25) is 10.0 Å². The Balaban J connectivity index is 2.02. The first-order valence-corrected chi connectivity index (χ1v) is 10.0. The SMILES string of the molecule is C=CCNC(=O)[C@H](C)[NH+]1CCN(S(=O)(=O)c2ccc(C)c(C)c2)CC1. The molecule has 0 bridgehead atoms. The smallest absolute Gasteiger partial charge is 0.278 e. The molecule has 1 aliphatic heterocycles. The molecule has 2 rings (SSSR count). The lowest BCUT2D eigenvalue weighted by Gasteiger charge is -2.34. The Hall–Kier alpha value is -1.70. The van der Waals surface area contributed by atoms with E-state index in [1.165, 1.54) is 4.31 Å². The van der Waals surface area contributed by atoms with Gasteiger partial charge >= 0.3 is 0 Å². The number of sulfonamides is 1. The number of benzene rings is 1. The van der Waals surface area contributed by atoms with Crippen molar-refractivity contribution in [3.8, 4) is 0 Å². The van der Waals surface area contributed by atoms with Crippen LogP contribution in [-0.2, 0) is 14.8 Å². The number of aryl methyl sites for hydroxylation is 2. The van der Waals surface area contributed by atoms with Crippen molar-refractivity contribution in [2.45, 2.75) is 31.7 Å². The maximum Gasteiger partial charge on any atom is 0.278 e. The van der Waals surface area contributed by atoms with Gasteiger partial charge in [-0.25, -0.2) is 8.42 Å². The molecule has 1 saturated heterocycles. The van der Waals surface area contributed by atoms with Gasteiger partial charge in [0.1, 0.15) is 0 Å². The fraction of sp³-hybridized carbons (Fsp3) is 0.500. The topological polar surface area (TPSA) is 70.9 Å². The number of piperazine rings is 1. The molecule has 6 nitrogen and oxygen atoms in total. The van der Waals surface area contributed by atoms with E-state index in [-0.39, 0.29) is 11.9 Å². The van der Waals surface area contributed by atoms with Crippen molar-refractivity contribution in [2.24, 2.45) is 0 Å². The molecule has 0 radical (unpaired) electrons. The zero-order valence-electron chi connectivity index (χ0n) is 15.2. The van der Waals surface area contributed by atoms with Crippen LogP contribution in [0, 0.1) is 13.8 Å². The van der Waals surface area contributed by atoms with E-state index < -0.39 is 10.0 Å². The maximum atomic E-state index is 12.8. The highest BCUT2D eigenvalue weighted by atomic mass is 32.2. The zero-order valence-corrected chi connectivity index (χ0v) is 16.0. The van der Waals surface area contributed by atoms with Crippen LogP contribution in [0.15, 0.2) is 35.7 Å². The van der Waals surface area contributed by atoms with Crippen LogP contribution in [0.5, 0.6) is 0 Å². The molecule has 138 valence electrons. The van der Waals surface area contributed by atoms with Gasteiger partial charge in [0.25, 0.3) is 5.91 Å². The zero-order chi connectivity index (χ0) is 18.6. The molecule has 1 atom stereocenters. The Labute approximate surface area is 150 Å². The number of amides is 1. The van der Waals surface area contributed by atoms with Crippen LogP contribution in [0.4, 0.5) is 0 Å². The number of hydrogen-bond acceptors (Lipinski definition) is 3. The molecule has 0 unspecified atom stereocenters. The van der Waals surface area contributed by atoms with Gasteiger partial charge in [-0.1, -0.05) is 12.1 Å². The van der Waals surface area contributed by atoms with Gasteiger partial charge in [-0.3, -0.25) is 4.79 Å². The summed E-state index contributed by atoms with van der Waals surface area (Å²) >= 11 is 0. The minimum absolute atomic E-state index is 0.0274. The molecular formula is C18H28N3O3S+.